The van der Waals surface area contributed by atoms with Crippen LogP contribution in [0.3, 0.4) is 0 Å². The van der Waals surface area contributed by atoms with Gasteiger partial charge in [0.1, 0.15) is 0 Å². The molecule has 0 radical (unpaired) electrons. The zero-order chi connectivity index (χ0) is 17.4. The van der Waals surface area contributed by atoms with Crippen LogP contribution in [0.25, 0.3) is 0 Å². The molecule has 1 rings (SSSR count). The normalized spacial score (nSPS) is 8.64. The molecule has 0 unspecified atom stereocenters. The SMILES string of the molecule is CCO.CCOC(=O)c1ccccc1C(=O)OCC.ClCCl. The first-order valence-corrected chi connectivity index (χ1v) is 7.76. The number of carbonyl (C=O) groups excluding carboxylic acids is 2. The van der Waals surface area contributed by atoms with Crippen molar-refractivity contribution in [2.75, 3.05) is 25.2 Å². The third-order valence-corrected chi connectivity index (χ3v) is 1.92. The number of rotatable bonds is 4. The molecule has 0 amide bonds. The van der Waals surface area contributed by atoms with Crippen molar-refractivity contribution in [1.29, 1.82) is 0 Å². The van der Waals surface area contributed by atoms with E-state index < -0.39 is 11.9 Å². The number of aliphatic hydroxyl groups is 1. The fourth-order valence-electron chi connectivity index (χ4n) is 1.26. The summed E-state index contributed by atoms with van der Waals surface area (Å²) in [4.78, 5) is 23.1. The van der Waals surface area contributed by atoms with E-state index in [1.165, 1.54) is 0 Å². The maximum absolute atomic E-state index is 11.5. The lowest BCUT2D eigenvalue weighted by Gasteiger charge is -2.07. The molecule has 1 aromatic rings. The molecule has 0 saturated carbocycles. The summed E-state index contributed by atoms with van der Waals surface area (Å²) in [6.07, 6.45) is 0. The van der Waals surface area contributed by atoms with Crippen LogP contribution in [0.5, 0.6) is 0 Å². The fourth-order valence-corrected chi connectivity index (χ4v) is 1.26. The molecule has 0 bridgehead atoms. The van der Waals surface area contributed by atoms with Gasteiger partial charge < -0.3 is 14.6 Å². The van der Waals surface area contributed by atoms with E-state index in [4.69, 9.17) is 37.8 Å². The molecule has 22 heavy (non-hydrogen) atoms. The third kappa shape index (κ3) is 10.4. The van der Waals surface area contributed by atoms with Crippen molar-refractivity contribution in [1.82, 2.24) is 0 Å². The first-order chi connectivity index (χ1) is 10.5. The van der Waals surface area contributed by atoms with Gasteiger partial charge in [-0.3, -0.25) is 0 Å². The lowest BCUT2D eigenvalue weighted by Crippen LogP contribution is -2.13. The molecule has 1 N–H and O–H groups in total. The standard InChI is InChI=1S/C12H14O4.C2H6O.CH2Cl2/c1-3-15-11(13)9-7-5-6-8-10(9)12(14)16-4-2;1-2-3;2-1-3/h5-8H,3-4H2,1-2H3;3H,2H2,1H3;1H2. The molecule has 0 aliphatic rings. The van der Waals surface area contributed by atoms with Crippen molar-refractivity contribution in [3.05, 3.63) is 35.4 Å². The predicted molar refractivity (Wildman–Crippen MR) is 87.7 cm³/mol. The number of hydrogen-bond donors (Lipinski definition) is 1. The summed E-state index contributed by atoms with van der Waals surface area (Å²) in [5.41, 5.74) is 0.477. The van der Waals surface area contributed by atoms with Gasteiger partial charge >= 0.3 is 11.9 Å². The quantitative estimate of drug-likeness (QED) is 0.663. The average molecular weight is 353 g/mol. The summed E-state index contributed by atoms with van der Waals surface area (Å²) in [6, 6.07) is 6.44. The van der Waals surface area contributed by atoms with Gasteiger partial charge in [-0.05, 0) is 32.9 Å². The highest BCUT2D eigenvalue weighted by Crippen LogP contribution is 2.11. The zero-order valence-electron chi connectivity index (χ0n) is 13.0. The maximum Gasteiger partial charge on any atom is 0.338 e. The van der Waals surface area contributed by atoms with Crippen molar-refractivity contribution in [2.24, 2.45) is 0 Å². The molecule has 0 atom stereocenters. The Morgan fingerprint density at radius 2 is 1.23 bits per heavy atom. The van der Waals surface area contributed by atoms with Crippen molar-refractivity contribution in [3.8, 4) is 0 Å². The molecule has 0 fully saturated rings. The predicted octanol–water partition coefficient (Wildman–Crippen LogP) is 3.46. The first-order valence-electron chi connectivity index (χ1n) is 6.69. The summed E-state index contributed by atoms with van der Waals surface area (Å²) in [5.74, 6) is -1.02. The first kappa shape index (κ1) is 23.0. The second-order valence-electron chi connectivity index (χ2n) is 3.40. The van der Waals surface area contributed by atoms with E-state index in [0.717, 1.165) is 0 Å². The molecule has 0 spiro atoms. The van der Waals surface area contributed by atoms with Gasteiger partial charge in [-0.1, -0.05) is 12.1 Å². The number of benzene rings is 1. The summed E-state index contributed by atoms with van der Waals surface area (Å²) in [5, 5.41) is 7.76. The van der Waals surface area contributed by atoms with Gasteiger partial charge in [-0.15, -0.1) is 23.2 Å². The molecule has 0 aliphatic heterocycles. The van der Waals surface area contributed by atoms with E-state index in [-0.39, 0.29) is 36.3 Å². The Balaban J connectivity index is 0. The molecule has 126 valence electrons. The molecule has 5 nitrogen and oxygen atoms in total. The minimum Gasteiger partial charge on any atom is -0.462 e. The Kier molecular flexibility index (Phi) is 16.8. The van der Waals surface area contributed by atoms with Gasteiger partial charge in [0.05, 0.1) is 29.7 Å². The van der Waals surface area contributed by atoms with Gasteiger partial charge in [-0.25, -0.2) is 9.59 Å². The second kappa shape index (κ2) is 16.1. The molecular formula is C15H22Cl2O5. The molecule has 0 aromatic heterocycles. The number of halogens is 2. The van der Waals surface area contributed by atoms with Crippen LogP contribution in [0.2, 0.25) is 0 Å². The topological polar surface area (TPSA) is 72.8 Å². The van der Waals surface area contributed by atoms with E-state index in [1.807, 2.05) is 0 Å². The van der Waals surface area contributed by atoms with Crippen LogP contribution >= 0.6 is 23.2 Å². The Morgan fingerprint density at radius 3 is 1.45 bits per heavy atom. The van der Waals surface area contributed by atoms with E-state index in [2.05, 4.69) is 0 Å². The number of alkyl halides is 2. The van der Waals surface area contributed by atoms with E-state index in [0.29, 0.717) is 0 Å². The second-order valence-corrected chi connectivity index (χ2v) is 4.21. The monoisotopic (exact) mass is 352 g/mol. The summed E-state index contributed by atoms with van der Waals surface area (Å²) >= 11 is 9.53. The Labute approximate surface area is 141 Å². The van der Waals surface area contributed by atoms with Crippen molar-refractivity contribution >= 4 is 35.1 Å². The largest absolute Gasteiger partial charge is 0.462 e. The summed E-state index contributed by atoms with van der Waals surface area (Å²) in [7, 11) is 0. The van der Waals surface area contributed by atoms with Crippen molar-refractivity contribution < 1.29 is 24.2 Å². The maximum atomic E-state index is 11.5. The number of esters is 2. The minimum atomic E-state index is -0.508. The number of ether oxygens (including phenoxy) is 2. The highest BCUT2D eigenvalue weighted by atomic mass is 35.5. The summed E-state index contributed by atoms with van der Waals surface area (Å²) < 4.78 is 9.70. The molecule has 0 saturated heterocycles. The highest BCUT2D eigenvalue weighted by molar-refractivity contribution is 6.40. The van der Waals surface area contributed by atoms with Crippen LogP contribution in [0.15, 0.2) is 24.3 Å². The van der Waals surface area contributed by atoms with Crippen LogP contribution in [0.1, 0.15) is 41.5 Å². The lowest BCUT2D eigenvalue weighted by molar-refractivity contribution is 0.0479. The van der Waals surface area contributed by atoms with Crippen LogP contribution in [0, 0.1) is 0 Å². The van der Waals surface area contributed by atoms with Crippen molar-refractivity contribution in [3.63, 3.8) is 0 Å². The van der Waals surface area contributed by atoms with Crippen LogP contribution in [-0.4, -0.2) is 42.2 Å². The van der Waals surface area contributed by atoms with Gasteiger partial charge in [0.25, 0.3) is 0 Å². The highest BCUT2D eigenvalue weighted by Gasteiger charge is 2.17. The molecule has 7 heteroatoms. The van der Waals surface area contributed by atoms with Gasteiger partial charge in [0.2, 0.25) is 0 Å². The lowest BCUT2D eigenvalue weighted by atomic mass is 10.1. The Bertz CT molecular complexity index is 385. The molecule has 0 aliphatic carbocycles. The minimum absolute atomic E-state index is 0.194. The number of carbonyl (C=O) groups is 2. The van der Waals surface area contributed by atoms with Gasteiger partial charge in [0.15, 0.2) is 0 Å². The Hall–Kier alpha value is -1.30. The van der Waals surface area contributed by atoms with E-state index in [9.17, 15) is 9.59 Å². The third-order valence-electron chi connectivity index (χ3n) is 1.92. The van der Waals surface area contributed by atoms with Gasteiger partial charge in [0, 0.05) is 6.61 Å². The fraction of sp³-hybridized carbons (Fsp3) is 0.467. The van der Waals surface area contributed by atoms with Crippen LogP contribution in [0.4, 0.5) is 0 Å². The number of hydrogen-bond acceptors (Lipinski definition) is 5. The van der Waals surface area contributed by atoms with Crippen molar-refractivity contribution in [2.45, 2.75) is 20.8 Å². The van der Waals surface area contributed by atoms with Gasteiger partial charge in [-0.2, -0.15) is 0 Å². The molecular weight excluding hydrogens is 331 g/mol. The van der Waals surface area contributed by atoms with Crippen LogP contribution < -0.4 is 0 Å². The average Bonchev–Trinajstić information content (AvgIpc) is 2.49. The zero-order valence-corrected chi connectivity index (χ0v) is 14.5. The summed E-state index contributed by atoms with van der Waals surface area (Å²) in [6.45, 7) is 5.90. The number of aliphatic hydroxyl groups excluding tert-OH is 1. The van der Waals surface area contributed by atoms with E-state index in [1.54, 1.807) is 45.0 Å². The van der Waals surface area contributed by atoms with Crippen LogP contribution in [-0.2, 0) is 9.47 Å². The smallest absolute Gasteiger partial charge is 0.338 e. The Morgan fingerprint density at radius 1 is 0.955 bits per heavy atom. The molecule has 0 heterocycles. The molecule has 1 aromatic carbocycles. The van der Waals surface area contributed by atoms with E-state index >= 15 is 0 Å².